The summed E-state index contributed by atoms with van der Waals surface area (Å²) in [5.41, 5.74) is 2.08. The van der Waals surface area contributed by atoms with Crippen LogP contribution < -0.4 is 9.47 Å². The molecule has 0 bridgehead atoms. The number of hydrogen-bond donors (Lipinski definition) is 1. The summed E-state index contributed by atoms with van der Waals surface area (Å²) in [4.78, 5) is 21.9. The minimum atomic E-state index is -4.43. The monoisotopic (exact) mass is 641 g/mol. The number of aromatic nitrogens is 3. The zero-order valence-electron chi connectivity index (χ0n) is 23.7. The molecule has 13 heteroatoms. The molecule has 0 spiro atoms. The average molecular weight is 642 g/mol. The van der Waals surface area contributed by atoms with Gasteiger partial charge in [-0.15, -0.1) is 23.1 Å². The van der Waals surface area contributed by atoms with Crippen LogP contribution in [0.15, 0.2) is 76.1 Å². The van der Waals surface area contributed by atoms with Crippen molar-refractivity contribution >= 4 is 29.1 Å². The molecule has 1 N–H and O–H groups in total. The third-order valence-corrected chi connectivity index (χ3v) is 8.77. The molecule has 0 aliphatic carbocycles. The number of carboxylic acid groups (broad SMARTS) is 1. The zero-order valence-corrected chi connectivity index (χ0v) is 25.3. The second-order valence-electron chi connectivity index (χ2n) is 9.73. The Balaban J connectivity index is 1.34. The smallest absolute Gasteiger partial charge is 0.416 e. The molecule has 1 atom stereocenters. The molecular formula is C31H26F3N3O5S2. The Hall–Kier alpha value is -4.36. The van der Waals surface area contributed by atoms with Crippen LogP contribution in [0.1, 0.15) is 34.5 Å². The van der Waals surface area contributed by atoms with E-state index in [1.807, 2.05) is 31.2 Å². The Morgan fingerprint density at radius 3 is 2.34 bits per heavy atom. The second kappa shape index (κ2) is 13.1. The minimum Gasteiger partial charge on any atom is -0.487 e. The zero-order chi connectivity index (χ0) is 31.4. The highest BCUT2D eigenvalue weighted by atomic mass is 32.2. The van der Waals surface area contributed by atoms with Crippen LogP contribution in [0, 0.1) is 13.8 Å². The van der Waals surface area contributed by atoms with E-state index in [0.29, 0.717) is 45.2 Å². The number of alkyl halides is 3. The summed E-state index contributed by atoms with van der Waals surface area (Å²) in [6.45, 7) is 5.17. The van der Waals surface area contributed by atoms with Crippen molar-refractivity contribution in [3.8, 4) is 33.5 Å². The first kappa shape index (κ1) is 31.1. The maximum atomic E-state index is 13.1. The first-order chi connectivity index (χ1) is 21.0. The number of benzene rings is 3. The normalized spacial score (nSPS) is 12.2. The summed E-state index contributed by atoms with van der Waals surface area (Å²) in [5.74, 6) is 1.49. The first-order valence-corrected chi connectivity index (χ1v) is 15.1. The lowest BCUT2D eigenvalue weighted by Crippen LogP contribution is -2.23. The fraction of sp³-hybridized carbons (Fsp3) is 0.226. The summed E-state index contributed by atoms with van der Waals surface area (Å²) >= 11 is 2.94. The van der Waals surface area contributed by atoms with Crippen molar-refractivity contribution < 1.29 is 37.1 Å². The topological polar surface area (TPSA) is 108 Å². The van der Waals surface area contributed by atoms with Gasteiger partial charge in [-0.3, -0.25) is 0 Å². The molecule has 5 rings (SSSR count). The van der Waals surface area contributed by atoms with Gasteiger partial charge in [-0.1, -0.05) is 17.3 Å². The van der Waals surface area contributed by atoms with Gasteiger partial charge in [0.25, 0.3) is 0 Å². The van der Waals surface area contributed by atoms with E-state index in [0.717, 1.165) is 33.0 Å². The van der Waals surface area contributed by atoms with Gasteiger partial charge in [0, 0.05) is 33.6 Å². The molecule has 228 valence electrons. The van der Waals surface area contributed by atoms with Crippen molar-refractivity contribution in [2.45, 2.75) is 50.3 Å². The largest absolute Gasteiger partial charge is 0.487 e. The van der Waals surface area contributed by atoms with E-state index in [1.165, 1.54) is 30.4 Å². The molecule has 8 nitrogen and oxygen atoms in total. The van der Waals surface area contributed by atoms with Crippen molar-refractivity contribution in [2.24, 2.45) is 0 Å². The van der Waals surface area contributed by atoms with Crippen molar-refractivity contribution in [3.63, 3.8) is 0 Å². The van der Waals surface area contributed by atoms with Gasteiger partial charge in [-0.2, -0.15) is 18.2 Å². The number of rotatable bonds is 11. The Morgan fingerprint density at radius 1 is 1.02 bits per heavy atom. The van der Waals surface area contributed by atoms with Crippen LogP contribution in [0.25, 0.3) is 22.0 Å². The lowest BCUT2D eigenvalue weighted by Gasteiger charge is -2.13. The van der Waals surface area contributed by atoms with Crippen molar-refractivity contribution in [1.29, 1.82) is 0 Å². The number of carbonyl (C=O) groups is 1. The molecule has 5 aromatic rings. The third-order valence-electron chi connectivity index (χ3n) is 6.42. The Morgan fingerprint density at radius 2 is 1.73 bits per heavy atom. The molecule has 2 heterocycles. The van der Waals surface area contributed by atoms with Crippen LogP contribution in [0.4, 0.5) is 13.2 Å². The molecular weight excluding hydrogens is 615 g/mol. The summed E-state index contributed by atoms with van der Waals surface area (Å²) in [6, 6.07) is 17.6. The van der Waals surface area contributed by atoms with E-state index in [4.69, 9.17) is 24.1 Å². The number of thioether (sulfide) groups is 1. The summed E-state index contributed by atoms with van der Waals surface area (Å²) < 4.78 is 55.9. The highest BCUT2D eigenvalue weighted by Crippen LogP contribution is 2.36. The third kappa shape index (κ3) is 7.58. The van der Waals surface area contributed by atoms with E-state index < -0.39 is 23.8 Å². The highest BCUT2D eigenvalue weighted by molar-refractivity contribution is 7.98. The number of hydrogen-bond acceptors (Lipinski definition) is 9. The highest BCUT2D eigenvalue weighted by Gasteiger charge is 2.30. The molecule has 1 unspecified atom stereocenters. The first-order valence-electron chi connectivity index (χ1n) is 13.3. The van der Waals surface area contributed by atoms with Gasteiger partial charge in [0.1, 0.15) is 23.1 Å². The van der Waals surface area contributed by atoms with E-state index in [-0.39, 0.29) is 6.61 Å². The van der Waals surface area contributed by atoms with Gasteiger partial charge in [0.2, 0.25) is 11.7 Å². The SMILES string of the molecule is Cc1nc(-c2ccc(OCc3nc(-c4ccc(C(F)(F)F)cc4)sc3CSc3ccc(OC(C)C(=O)O)c(C)c3)cc2)no1. The lowest BCUT2D eigenvalue weighted by molar-refractivity contribution is -0.144. The number of aryl methyl sites for hydroxylation is 2. The molecule has 0 aliphatic rings. The summed E-state index contributed by atoms with van der Waals surface area (Å²) in [7, 11) is 0. The summed E-state index contributed by atoms with van der Waals surface area (Å²) in [5, 5.41) is 13.6. The molecule has 3 aromatic carbocycles. The van der Waals surface area contributed by atoms with Crippen LogP contribution in [0.2, 0.25) is 0 Å². The molecule has 44 heavy (non-hydrogen) atoms. The average Bonchev–Trinajstić information content (AvgIpc) is 3.62. The number of aliphatic carboxylic acids is 1. The maximum absolute atomic E-state index is 13.1. The Labute approximate surface area is 258 Å². The van der Waals surface area contributed by atoms with Crippen molar-refractivity contribution in [2.75, 3.05) is 0 Å². The van der Waals surface area contributed by atoms with Gasteiger partial charge < -0.3 is 19.1 Å². The van der Waals surface area contributed by atoms with Gasteiger partial charge in [-0.05, 0) is 74.0 Å². The number of halogens is 3. The molecule has 0 saturated carbocycles. The van der Waals surface area contributed by atoms with Gasteiger partial charge in [-0.25, -0.2) is 9.78 Å². The molecule has 2 aromatic heterocycles. The van der Waals surface area contributed by atoms with Crippen molar-refractivity contribution in [3.05, 3.63) is 94.3 Å². The number of carboxylic acids is 1. The van der Waals surface area contributed by atoms with E-state index in [2.05, 4.69) is 10.1 Å². The second-order valence-corrected chi connectivity index (χ2v) is 11.9. The molecule has 0 saturated heterocycles. The standard InChI is InChI=1S/C31H26F3N3O5S2/c1-17-14-24(12-13-26(17)41-18(2)30(38)39)43-16-27-25(36-29(44-27)21-4-8-22(9-5-21)31(32,33)34)15-40-23-10-6-20(7-11-23)28-35-19(3)42-37-28/h4-14,18H,15-16H2,1-3H3,(H,38,39). The summed E-state index contributed by atoms with van der Waals surface area (Å²) in [6.07, 6.45) is -5.40. The Bertz CT molecular complexity index is 1750. The van der Waals surface area contributed by atoms with Crippen LogP contribution in [0.5, 0.6) is 11.5 Å². The predicted octanol–water partition coefficient (Wildman–Crippen LogP) is 8.22. The minimum absolute atomic E-state index is 0.145. The fourth-order valence-corrected chi connectivity index (χ4v) is 6.20. The van der Waals surface area contributed by atoms with E-state index >= 15 is 0 Å². The molecule has 0 aliphatic heterocycles. The Kier molecular flexibility index (Phi) is 9.25. The van der Waals surface area contributed by atoms with E-state index in [9.17, 15) is 18.0 Å². The number of ether oxygens (including phenoxy) is 2. The quantitative estimate of drug-likeness (QED) is 0.143. The predicted molar refractivity (Wildman–Crippen MR) is 160 cm³/mol. The molecule has 0 radical (unpaired) electrons. The van der Waals surface area contributed by atoms with Crippen LogP contribution in [-0.4, -0.2) is 32.3 Å². The molecule has 0 fully saturated rings. The maximum Gasteiger partial charge on any atom is 0.416 e. The van der Waals surface area contributed by atoms with Crippen LogP contribution in [-0.2, 0) is 23.3 Å². The van der Waals surface area contributed by atoms with Crippen molar-refractivity contribution in [1.82, 2.24) is 15.1 Å². The van der Waals surface area contributed by atoms with Gasteiger partial charge >= 0.3 is 12.1 Å². The van der Waals surface area contributed by atoms with E-state index in [1.54, 1.807) is 36.9 Å². The lowest BCUT2D eigenvalue weighted by atomic mass is 10.1. The van der Waals surface area contributed by atoms with Crippen LogP contribution >= 0.6 is 23.1 Å². The molecule has 0 amide bonds. The number of thiazole rings is 1. The van der Waals surface area contributed by atoms with Gasteiger partial charge in [0.05, 0.1) is 11.3 Å². The number of nitrogens with zero attached hydrogens (tertiary/aromatic N) is 3. The van der Waals surface area contributed by atoms with Gasteiger partial charge in [0.15, 0.2) is 6.10 Å². The fourth-order valence-electron chi connectivity index (χ4n) is 4.04. The van der Waals surface area contributed by atoms with Crippen LogP contribution in [0.3, 0.4) is 0 Å².